The van der Waals surface area contributed by atoms with Gasteiger partial charge in [-0.3, -0.25) is 4.79 Å². The molecule has 1 aliphatic carbocycles. The summed E-state index contributed by atoms with van der Waals surface area (Å²) in [6.07, 6.45) is 2.65. The largest absolute Gasteiger partial charge is 0.328 e. The zero-order chi connectivity index (χ0) is 13.4. The van der Waals surface area contributed by atoms with Crippen LogP contribution in [0.4, 0.5) is 5.69 Å². The highest BCUT2D eigenvalue weighted by molar-refractivity contribution is 6.01. The zero-order valence-corrected chi connectivity index (χ0v) is 11.4. The molecule has 4 nitrogen and oxygen atoms in total. The van der Waals surface area contributed by atoms with Gasteiger partial charge in [-0.1, -0.05) is 12.1 Å². The second kappa shape index (κ2) is 4.94. The average Bonchev–Trinajstić information content (AvgIpc) is 2.64. The lowest BCUT2D eigenvalue weighted by Gasteiger charge is -2.35. The maximum Gasteiger partial charge on any atom is 0.231 e. The smallest absolute Gasteiger partial charge is 0.231 e. The Morgan fingerprint density at radius 3 is 2.89 bits per heavy atom. The van der Waals surface area contributed by atoms with Gasteiger partial charge in [0.15, 0.2) is 0 Å². The molecule has 1 saturated carbocycles. The number of amides is 1. The lowest BCUT2D eigenvalue weighted by molar-refractivity contribution is -0.117. The Kier molecular flexibility index (Phi) is 3.29. The fourth-order valence-corrected chi connectivity index (χ4v) is 3.15. The van der Waals surface area contributed by atoms with Crippen LogP contribution in [0, 0.1) is 5.92 Å². The molecule has 102 valence electrons. The number of nitrogens with one attached hydrogen (secondary N) is 1. The summed E-state index contributed by atoms with van der Waals surface area (Å²) in [7, 11) is 1.94. The first-order chi connectivity index (χ1) is 9.17. The molecule has 0 radical (unpaired) electrons. The number of fused-ring (bicyclic) bond motifs is 1. The van der Waals surface area contributed by atoms with Gasteiger partial charge >= 0.3 is 0 Å². The fraction of sp³-hybridized carbons (Fsp3) is 0.533. The number of hydrogen-bond donors (Lipinski definition) is 2. The predicted molar refractivity (Wildman–Crippen MR) is 76.0 cm³/mol. The van der Waals surface area contributed by atoms with E-state index in [1.807, 2.05) is 11.9 Å². The second-order valence-corrected chi connectivity index (χ2v) is 5.77. The van der Waals surface area contributed by atoms with Crippen molar-refractivity contribution in [3.63, 3.8) is 0 Å². The summed E-state index contributed by atoms with van der Waals surface area (Å²) in [5, 5.41) is 3.14. The molecule has 1 fully saturated rings. The summed E-state index contributed by atoms with van der Waals surface area (Å²) in [4.78, 5) is 14.1. The number of carbonyl (C=O) groups excluding carboxylic acids is 1. The maximum absolute atomic E-state index is 12.1. The molecule has 3 rings (SSSR count). The predicted octanol–water partition coefficient (Wildman–Crippen LogP) is 1.03. The van der Waals surface area contributed by atoms with Gasteiger partial charge in [0.2, 0.25) is 5.91 Å². The van der Waals surface area contributed by atoms with Crippen LogP contribution in [0.3, 0.4) is 0 Å². The van der Waals surface area contributed by atoms with E-state index in [4.69, 9.17) is 5.73 Å². The monoisotopic (exact) mass is 259 g/mol. The van der Waals surface area contributed by atoms with Gasteiger partial charge < -0.3 is 16.0 Å². The lowest BCUT2D eigenvalue weighted by atomic mass is 9.80. The number of rotatable bonds is 4. The van der Waals surface area contributed by atoms with E-state index in [0.29, 0.717) is 18.4 Å². The SMILES string of the molecule is CNCc1ccc2c(c1)CC(=O)N2CC1CC(N)C1. The Bertz CT molecular complexity index is 494. The maximum atomic E-state index is 12.1. The van der Waals surface area contributed by atoms with Gasteiger partial charge in [-0.15, -0.1) is 0 Å². The van der Waals surface area contributed by atoms with E-state index >= 15 is 0 Å². The van der Waals surface area contributed by atoms with Gasteiger partial charge in [0.1, 0.15) is 0 Å². The highest BCUT2D eigenvalue weighted by atomic mass is 16.2. The molecule has 19 heavy (non-hydrogen) atoms. The van der Waals surface area contributed by atoms with Crippen LogP contribution in [0.5, 0.6) is 0 Å². The van der Waals surface area contributed by atoms with Crippen LogP contribution in [0.15, 0.2) is 18.2 Å². The van der Waals surface area contributed by atoms with E-state index in [1.54, 1.807) is 0 Å². The third kappa shape index (κ3) is 2.38. The van der Waals surface area contributed by atoms with Crippen LogP contribution in [-0.2, 0) is 17.8 Å². The fourth-order valence-electron chi connectivity index (χ4n) is 3.15. The summed E-state index contributed by atoms with van der Waals surface area (Å²) in [6.45, 7) is 1.68. The van der Waals surface area contributed by atoms with Crippen molar-refractivity contribution >= 4 is 11.6 Å². The molecule has 3 N–H and O–H groups in total. The third-order valence-electron chi connectivity index (χ3n) is 4.17. The second-order valence-electron chi connectivity index (χ2n) is 5.77. The Balaban J connectivity index is 1.76. The van der Waals surface area contributed by atoms with Crippen molar-refractivity contribution in [2.75, 3.05) is 18.5 Å². The van der Waals surface area contributed by atoms with Crippen LogP contribution >= 0.6 is 0 Å². The minimum atomic E-state index is 0.233. The van der Waals surface area contributed by atoms with Crippen molar-refractivity contribution in [3.8, 4) is 0 Å². The molecule has 0 aromatic heterocycles. The Labute approximate surface area is 114 Å². The van der Waals surface area contributed by atoms with Gasteiger partial charge in [0, 0.05) is 24.8 Å². The average molecular weight is 259 g/mol. The van der Waals surface area contributed by atoms with E-state index in [-0.39, 0.29) is 5.91 Å². The molecule has 0 saturated heterocycles. The van der Waals surface area contributed by atoms with Crippen molar-refractivity contribution in [1.82, 2.24) is 5.32 Å². The van der Waals surface area contributed by atoms with Gasteiger partial charge in [-0.25, -0.2) is 0 Å². The molecule has 1 aliphatic heterocycles. The quantitative estimate of drug-likeness (QED) is 0.849. The first-order valence-electron chi connectivity index (χ1n) is 6.99. The number of benzene rings is 1. The molecular weight excluding hydrogens is 238 g/mol. The van der Waals surface area contributed by atoms with E-state index in [0.717, 1.165) is 31.6 Å². The Morgan fingerprint density at radius 1 is 1.42 bits per heavy atom. The van der Waals surface area contributed by atoms with Crippen molar-refractivity contribution in [1.29, 1.82) is 0 Å². The molecule has 1 amide bonds. The van der Waals surface area contributed by atoms with Gasteiger partial charge in [-0.2, -0.15) is 0 Å². The van der Waals surface area contributed by atoms with E-state index in [1.165, 1.54) is 11.1 Å². The summed E-state index contributed by atoms with van der Waals surface area (Å²) < 4.78 is 0. The zero-order valence-electron chi connectivity index (χ0n) is 11.4. The van der Waals surface area contributed by atoms with Crippen LogP contribution in [0.2, 0.25) is 0 Å². The van der Waals surface area contributed by atoms with Crippen LogP contribution in [0.1, 0.15) is 24.0 Å². The van der Waals surface area contributed by atoms with Crippen molar-refractivity contribution in [2.24, 2.45) is 11.7 Å². The number of nitrogens with two attached hydrogens (primary N) is 1. The Hall–Kier alpha value is -1.39. The summed E-state index contributed by atoms with van der Waals surface area (Å²) in [5.41, 5.74) is 9.32. The molecular formula is C15H21N3O. The van der Waals surface area contributed by atoms with Gasteiger partial charge in [-0.05, 0) is 43.0 Å². The molecule has 0 bridgehead atoms. The third-order valence-corrected chi connectivity index (χ3v) is 4.17. The normalized spacial score (nSPS) is 25.4. The van der Waals surface area contributed by atoms with Crippen molar-refractivity contribution < 1.29 is 4.79 Å². The molecule has 0 atom stereocenters. The topological polar surface area (TPSA) is 58.4 Å². The molecule has 0 spiro atoms. The highest BCUT2D eigenvalue weighted by Crippen LogP contribution is 2.34. The molecule has 2 aliphatic rings. The Morgan fingerprint density at radius 2 is 2.21 bits per heavy atom. The van der Waals surface area contributed by atoms with Crippen LogP contribution in [-0.4, -0.2) is 25.5 Å². The lowest BCUT2D eigenvalue weighted by Crippen LogP contribution is -2.43. The van der Waals surface area contributed by atoms with Crippen LogP contribution < -0.4 is 16.0 Å². The number of carbonyl (C=O) groups is 1. The van der Waals surface area contributed by atoms with E-state index < -0.39 is 0 Å². The standard InChI is InChI=1S/C15H21N3O/c1-17-8-10-2-3-14-12(4-10)7-15(19)18(14)9-11-5-13(16)6-11/h2-4,11,13,17H,5-9,16H2,1H3. The number of nitrogens with zero attached hydrogens (tertiary/aromatic N) is 1. The van der Waals surface area contributed by atoms with Gasteiger partial charge in [0.25, 0.3) is 0 Å². The molecule has 0 unspecified atom stereocenters. The number of anilines is 1. The number of hydrogen-bond acceptors (Lipinski definition) is 3. The van der Waals surface area contributed by atoms with E-state index in [2.05, 4.69) is 23.5 Å². The minimum absolute atomic E-state index is 0.233. The first kappa shape index (κ1) is 12.6. The van der Waals surface area contributed by atoms with E-state index in [9.17, 15) is 4.79 Å². The first-order valence-corrected chi connectivity index (χ1v) is 6.99. The van der Waals surface area contributed by atoms with Crippen molar-refractivity contribution in [2.45, 2.75) is 31.8 Å². The summed E-state index contributed by atoms with van der Waals surface area (Å²) >= 11 is 0. The van der Waals surface area contributed by atoms with Crippen molar-refractivity contribution in [3.05, 3.63) is 29.3 Å². The molecule has 1 aromatic rings. The van der Waals surface area contributed by atoms with Gasteiger partial charge in [0.05, 0.1) is 6.42 Å². The minimum Gasteiger partial charge on any atom is -0.328 e. The van der Waals surface area contributed by atoms with Crippen LogP contribution in [0.25, 0.3) is 0 Å². The molecule has 1 heterocycles. The molecule has 1 aromatic carbocycles. The summed E-state index contributed by atoms with van der Waals surface area (Å²) in [5.74, 6) is 0.818. The molecule has 4 heteroatoms. The highest BCUT2D eigenvalue weighted by Gasteiger charge is 2.33. The summed E-state index contributed by atoms with van der Waals surface area (Å²) in [6, 6.07) is 6.69.